The normalized spacial score (nSPS) is 23.2. The molecule has 132 valence electrons. The molecule has 0 aliphatic carbocycles. The van der Waals surface area contributed by atoms with E-state index in [0.29, 0.717) is 31.1 Å². The number of hydrogen-bond acceptors (Lipinski definition) is 5. The molecule has 25 heavy (non-hydrogen) atoms. The minimum absolute atomic E-state index is 0.0889. The smallest absolute Gasteiger partial charge is 0.228 e. The number of benzene rings is 1. The van der Waals surface area contributed by atoms with E-state index in [1.807, 2.05) is 29.2 Å². The number of nitrogens with zero attached hydrogens (tertiary/aromatic N) is 3. The van der Waals surface area contributed by atoms with Gasteiger partial charge in [-0.25, -0.2) is 0 Å². The van der Waals surface area contributed by atoms with Crippen molar-refractivity contribution in [3.8, 4) is 0 Å². The molecule has 3 aliphatic rings. The van der Waals surface area contributed by atoms with E-state index in [1.165, 1.54) is 0 Å². The highest BCUT2D eigenvalue weighted by Crippen LogP contribution is 2.31. The summed E-state index contributed by atoms with van der Waals surface area (Å²) in [6, 6.07) is 7.65. The van der Waals surface area contributed by atoms with Gasteiger partial charge >= 0.3 is 0 Å². The number of halogens is 1. The first-order valence-corrected chi connectivity index (χ1v) is 9.79. The van der Waals surface area contributed by atoms with Crippen molar-refractivity contribution in [2.45, 2.75) is 18.9 Å². The van der Waals surface area contributed by atoms with E-state index >= 15 is 0 Å². The van der Waals surface area contributed by atoms with Gasteiger partial charge in [0.1, 0.15) is 6.10 Å². The van der Waals surface area contributed by atoms with E-state index in [1.54, 1.807) is 11.8 Å². The number of fused-ring (bicyclic) bond motifs is 1. The highest BCUT2D eigenvalue weighted by molar-refractivity contribution is 8.16. The monoisotopic (exact) mass is 377 g/mol. The topological polar surface area (TPSA) is 45.1 Å². The van der Waals surface area contributed by atoms with Crippen molar-refractivity contribution >= 4 is 34.4 Å². The number of rotatable bonds is 3. The van der Waals surface area contributed by atoms with Crippen LogP contribution in [0.5, 0.6) is 0 Å². The molecule has 1 atom stereocenters. The average molecular weight is 378 g/mol. The van der Waals surface area contributed by atoms with E-state index in [4.69, 9.17) is 16.3 Å². The van der Waals surface area contributed by atoms with Gasteiger partial charge in [0.25, 0.3) is 0 Å². The highest BCUT2D eigenvalue weighted by Gasteiger charge is 2.30. The Morgan fingerprint density at radius 3 is 3.00 bits per heavy atom. The molecule has 3 aliphatic heterocycles. The molecule has 0 bridgehead atoms. The third-order valence-electron chi connectivity index (χ3n) is 4.66. The van der Waals surface area contributed by atoms with Crippen LogP contribution in [0.3, 0.4) is 0 Å². The van der Waals surface area contributed by atoms with Crippen LogP contribution in [0, 0.1) is 0 Å². The van der Waals surface area contributed by atoms with Gasteiger partial charge in [-0.1, -0.05) is 35.5 Å². The Kier molecular flexibility index (Phi) is 5.01. The van der Waals surface area contributed by atoms with Crippen molar-refractivity contribution in [1.82, 2.24) is 9.80 Å². The molecule has 1 fully saturated rings. The highest BCUT2D eigenvalue weighted by atomic mass is 35.5. The van der Waals surface area contributed by atoms with Crippen molar-refractivity contribution in [3.05, 3.63) is 46.0 Å². The number of carbonyl (C=O) groups is 1. The molecule has 5 nitrogen and oxygen atoms in total. The number of thioether (sulfide) groups is 1. The maximum absolute atomic E-state index is 12.8. The lowest BCUT2D eigenvalue weighted by molar-refractivity contribution is -0.138. The van der Waals surface area contributed by atoms with Gasteiger partial charge in [-0.3, -0.25) is 9.79 Å². The molecule has 0 spiro atoms. The van der Waals surface area contributed by atoms with Gasteiger partial charge in [0.15, 0.2) is 5.17 Å². The Bertz CT molecular complexity index is 720. The number of hydrogen-bond donors (Lipinski definition) is 0. The van der Waals surface area contributed by atoms with Gasteiger partial charge in [0.05, 0.1) is 19.6 Å². The predicted octanol–water partition coefficient (Wildman–Crippen LogP) is 3.28. The summed E-state index contributed by atoms with van der Waals surface area (Å²) in [6.07, 6.45) is 1.39. The minimum Gasteiger partial charge on any atom is -0.370 e. The first-order chi connectivity index (χ1) is 12.2. The summed E-state index contributed by atoms with van der Waals surface area (Å²) < 4.78 is 5.85. The number of morpholine rings is 1. The van der Waals surface area contributed by atoms with E-state index in [9.17, 15) is 4.79 Å². The summed E-state index contributed by atoms with van der Waals surface area (Å²) in [4.78, 5) is 21.4. The fraction of sp³-hybridized carbons (Fsp3) is 0.444. The van der Waals surface area contributed by atoms with Crippen LogP contribution in [0.1, 0.15) is 24.5 Å². The van der Waals surface area contributed by atoms with Crippen molar-refractivity contribution in [2.24, 2.45) is 4.99 Å². The fourth-order valence-electron chi connectivity index (χ4n) is 3.29. The number of amides is 1. The van der Waals surface area contributed by atoms with Crippen molar-refractivity contribution in [2.75, 3.05) is 32.8 Å². The molecule has 4 rings (SSSR count). The maximum atomic E-state index is 12.8. The van der Waals surface area contributed by atoms with E-state index in [2.05, 4.69) is 15.3 Å². The second kappa shape index (κ2) is 7.40. The van der Waals surface area contributed by atoms with Crippen LogP contribution < -0.4 is 0 Å². The summed E-state index contributed by atoms with van der Waals surface area (Å²) in [7, 11) is 0. The van der Waals surface area contributed by atoms with Gasteiger partial charge in [-0.05, 0) is 29.5 Å². The zero-order valence-electron chi connectivity index (χ0n) is 13.9. The minimum atomic E-state index is -0.0889. The summed E-state index contributed by atoms with van der Waals surface area (Å²) in [5, 5.41) is 3.81. The van der Waals surface area contributed by atoms with Gasteiger partial charge < -0.3 is 14.5 Å². The first kappa shape index (κ1) is 16.9. The summed E-state index contributed by atoms with van der Waals surface area (Å²) in [5.41, 5.74) is 2.13. The molecule has 3 heterocycles. The standard InChI is InChI=1S/C18H20ClN3O2S/c19-14-4-2-13(3-5-14)16-11-21(8-9-24-16)17(23)10-15-12-25-18-20-6-1-7-22(15)18/h2-5,12,16H,1,6-11H2/t16-/m1/s1. The number of carbonyl (C=O) groups excluding carboxylic acids is 1. The molecule has 1 aromatic rings. The lowest BCUT2D eigenvalue weighted by Gasteiger charge is -2.34. The summed E-state index contributed by atoms with van der Waals surface area (Å²) >= 11 is 7.58. The number of ether oxygens (including phenoxy) is 1. The summed E-state index contributed by atoms with van der Waals surface area (Å²) in [5.74, 6) is 0.154. The van der Waals surface area contributed by atoms with Gasteiger partial charge in [-0.2, -0.15) is 0 Å². The zero-order valence-corrected chi connectivity index (χ0v) is 15.4. The lowest BCUT2D eigenvalue weighted by atomic mass is 10.1. The Morgan fingerprint density at radius 2 is 2.16 bits per heavy atom. The third-order valence-corrected chi connectivity index (χ3v) is 5.86. The molecule has 0 saturated carbocycles. The fourth-order valence-corrected chi connectivity index (χ4v) is 4.37. The second-order valence-corrected chi connectivity index (χ2v) is 7.60. The van der Waals surface area contributed by atoms with Crippen molar-refractivity contribution in [3.63, 3.8) is 0 Å². The van der Waals surface area contributed by atoms with Crippen LogP contribution in [0.2, 0.25) is 5.02 Å². The van der Waals surface area contributed by atoms with Crippen LogP contribution >= 0.6 is 23.4 Å². The lowest BCUT2D eigenvalue weighted by Crippen LogP contribution is -2.43. The van der Waals surface area contributed by atoms with Crippen LogP contribution in [-0.4, -0.2) is 53.7 Å². The van der Waals surface area contributed by atoms with Crippen molar-refractivity contribution < 1.29 is 9.53 Å². The quantitative estimate of drug-likeness (QED) is 0.810. The van der Waals surface area contributed by atoms with Gasteiger partial charge in [-0.15, -0.1) is 0 Å². The molecule has 0 unspecified atom stereocenters. The van der Waals surface area contributed by atoms with Crippen LogP contribution in [0.15, 0.2) is 40.4 Å². The maximum Gasteiger partial charge on any atom is 0.228 e. The van der Waals surface area contributed by atoms with Gasteiger partial charge in [0, 0.05) is 30.4 Å². The molecular weight excluding hydrogens is 358 g/mol. The van der Waals surface area contributed by atoms with Crippen molar-refractivity contribution in [1.29, 1.82) is 0 Å². The van der Waals surface area contributed by atoms with E-state index in [0.717, 1.165) is 35.9 Å². The Hall–Kier alpha value is -1.50. The molecule has 1 aromatic carbocycles. The number of aliphatic imine (C=N–C) groups is 1. The third kappa shape index (κ3) is 3.71. The zero-order chi connectivity index (χ0) is 17.2. The Labute approximate surface area is 156 Å². The SMILES string of the molecule is O=C(CC1=CSC2=NCCCN12)N1CCO[C@@H](c2ccc(Cl)cc2)C1. The molecule has 1 amide bonds. The molecule has 0 aromatic heterocycles. The van der Waals surface area contributed by atoms with Gasteiger partial charge in [0.2, 0.25) is 5.91 Å². The average Bonchev–Trinajstić information content (AvgIpc) is 3.05. The van der Waals surface area contributed by atoms with Crippen LogP contribution in [-0.2, 0) is 9.53 Å². The summed E-state index contributed by atoms with van der Waals surface area (Å²) in [6.45, 7) is 3.64. The largest absolute Gasteiger partial charge is 0.370 e. The molecule has 0 N–H and O–H groups in total. The molecule has 7 heteroatoms. The number of amidine groups is 1. The molecule has 1 saturated heterocycles. The molecular formula is C18H20ClN3O2S. The first-order valence-electron chi connectivity index (χ1n) is 8.53. The Morgan fingerprint density at radius 1 is 1.32 bits per heavy atom. The van der Waals surface area contributed by atoms with Crippen LogP contribution in [0.25, 0.3) is 0 Å². The van der Waals surface area contributed by atoms with E-state index in [-0.39, 0.29) is 12.0 Å². The van der Waals surface area contributed by atoms with Crippen LogP contribution in [0.4, 0.5) is 0 Å². The predicted molar refractivity (Wildman–Crippen MR) is 101 cm³/mol. The van der Waals surface area contributed by atoms with E-state index < -0.39 is 0 Å². The Balaban J connectivity index is 1.39. The second-order valence-electron chi connectivity index (χ2n) is 6.32. The molecule has 0 radical (unpaired) electrons.